The normalized spacial score (nSPS) is 21.9. The highest BCUT2D eigenvalue weighted by Gasteiger charge is 2.26. The second kappa shape index (κ2) is 15.4. The third-order valence-corrected chi connectivity index (χ3v) is 8.82. The molecule has 0 bridgehead atoms. The average molecular weight is 628 g/mol. The number of fused-ring (bicyclic) bond motifs is 1. The van der Waals surface area contributed by atoms with Crippen molar-refractivity contribution < 1.29 is 4.74 Å². The summed E-state index contributed by atoms with van der Waals surface area (Å²) in [5.74, 6) is 3.15. The molecule has 1 aromatic carbocycles. The summed E-state index contributed by atoms with van der Waals surface area (Å²) in [4.78, 5) is 14.8. The maximum atomic E-state index is 6.14. The summed E-state index contributed by atoms with van der Waals surface area (Å²) < 4.78 is 7.87. The molecule has 41 heavy (non-hydrogen) atoms. The number of piperidine rings is 1. The van der Waals surface area contributed by atoms with Gasteiger partial charge in [-0.25, -0.2) is 9.99 Å². The first-order valence-corrected chi connectivity index (χ1v) is 14.6. The molecule has 0 unspecified atom stereocenters. The molecule has 2 saturated carbocycles. The zero-order chi connectivity index (χ0) is 25.9. The smallest absolute Gasteiger partial charge is 0.227 e. The number of nitrogens with zero attached hydrogens (tertiary/aromatic N) is 5. The maximum absolute atomic E-state index is 6.14. The number of methoxy groups -OCH3 is 1. The monoisotopic (exact) mass is 626 g/mol. The lowest BCUT2D eigenvalue weighted by Crippen LogP contribution is -2.39. The van der Waals surface area contributed by atoms with Gasteiger partial charge in [0.15, 0.2) is 17.0 Å². The van der Waals surface area contributed by atoms with Crippen LogP contribution < -0.4 is 21.2 Å². The topological polar surface area (TPSA) is 106 Å². The van der Waals surface area contributed by atoms with Gasteiger partial charge >= 0.3 is 0 Å². The molecule has 6 rings (SSSR count). The van der Waals surface area contributed by atoms with Gasteiger partial charge in [0, 0.05) is 31.2 Å². The van der Waals surface area contributed by atoms with Crippen LogP contribution in [0.15, 0.2) is 30.6 Å². The number of hydrogen-bond acceptors (Lipinski definition) is 8. The molecule has 9 nitrogen and oxygen atoms in total. The van der Waals surface area contributed by atoms with Crippen molar-refractivity contribution in [3.63, 3.8) is 0 Å². The zero-order valence-corrected chi connectivity index (χ0v) is 26.3. The van der Waals surface area contributed by atoms with Gasteiger partial charge in [-0.05, 0) is 75.3 Å². The highest BCUT2D eigenvalue weighted by molar-refractivity contribution is 5.86. The Balaban J connectivity index is 0.00000154. The molecule has 12 heteroatoms. The van der Waals surface area contributed by atoms with E-state index in [2.05, 4.69) is 38.5 Å². The van der Waals surface area contributed by atoms with Crippen LogP contribution in [0, 0.1) is 5.92 Å². The second-order valence-corrected chi connectivity index (χ2v) is 11.5. The predicted octanol–water partition coefficient (Wildman–Crippen LogP) is 6.18. The van der Waals surface area contributed by atoms with E-state index in [4.69, 9.17) is 25.4 Å². The molecule has 0 atom stereocenters. The molecule has 228 valence electrons. The van der Waals surface area contributed by atoms with E-state index in [1.54, 1.807) is 7.11 Å². The van der Waals surface area contributed by atoms with Crippen molar-refractivity contribution in [3.8, 4) is 5.75 Å². The number of aromatic nitrogens is 4. The van der Waals surface area contributed by atoms with Crippen LogP contribution >= 0.6 is 37.2 Å². The van der Waals surface area contributed by atoms with Crippen molar-refractivity contribution in [2.75, 3.05) is 30.9 Å². The van der Waals surface area contributed by atoms with Crippen LogP contribution in [-0.2, 0) is 6.42 Å². The Morgan fingerprint density at radius 1 is 0.927 bits per heavy atom. The van der Waals surface area contributed by atoms with Gasteiger partial charge in [0.25, 0.3) is 0 Å². The Bertz CT molecular complexity index is 1220. The van der Waals surface area contributed by atoms with E-state index in [-0.39, 0.29) is 37.2 Å². The van der Waals surface area contributed by atoms with E-state index in [0.29, 0.717) is 30.0 Å². The molecule has 1 saturated heterocycles. The molecular weight excluding hydrogens is 583 g/mol. The summed E-state index contributed by atoms with van der Waals surface area (Å²) in [6, 6.07) is 9.57. The molecule has 2 aromatic heterocycles. The number of anilines is 2. The number of hydrogen-bond donors (Lipinski definition) is 3. The van der Waals surface area contributed by atoms with Crippen LogP contribution in [-0.4, -0.2) is 56.8 Å². The van der Waals surface area contributed by atoms with Gasteiger partial charge in [-0.3, -0.25) is 0 Å². The van der Waals surface area contributed by atoms with Crippen LogP contribution in [0.4, 0.5) is 11.8 Å². The number of imidazole rings is 1. The van der Waals surface area contributed by atoms with Crippen molar-refractivity contribution in [1.29, 1.82) is 0 Å². The first-order chi connectivity index (χ1) is 18.7. The lowest BCUT2D eigenvalue weighted by Gasteiger charge is -2.32. The van der Waals surface area contributed by atoms with Crippen LogP contribution in [0.25, 0.3) is 11.2 Å². The molecule has 3 heterocycles. The van der Waals surface area contributed by atoms with Crippen LogP contribution in [0.2, 0.25) is 0 Å². The molecule has 2 aliphatic carbocycles. The van der Waals surface area contributed by atoms with E-state index in [0.717, 1.165) is 80.8 Å². The minimum atomic E-state index is 0. The second-order valence-electron chi connectivity index (χ2n) is 11.5. The fourth-order valence-corrected chi connectivity index (χ4v) is 6.54. The van der Waals surface area contributed by atoms with Crippen molar-refractivity contribution >= 4 is 60.2 Å². The number of hydrazine groups is 1. The molecular formula is C29H45Cl3N8O. The predicted molar refractivity (Wildman–Crippen MR) is 173 cm³/mol. The van der Waals surface area contributed by atoms with Gasteiger partial charge in [-0.15, -0.1) is 37.2 Å². The van der Waals surface area contributed by atoms with E-state index in [9.17, 15) is 0 Å². The summed E-state index contributed by atoms with van der Waals surface area (Å²) in [6.45, 7) is 1.94. The molecule has 3 aliphatic rings. The summed E-state index contributed by atoms with van der Waals surface area (Å²) in [7, 11) is 1.76. The molecule has 0 spiro atoms. The molecule has 0 radical (unpaired) electrons. The summed E-state index contributed by atoms with van der Waals surface area (Å²) in [5.41, 5.74) is 12.9. The van der Waals surface area contributed by atoms with Gasteiger partial charge in [-0.1, -0.05) is 31.0 Å². The Hall–Kier alpha value is -2.04. The SMILES string of the molecule is COc1ccccc1CC1CCN(Nc2nc(N[C@H]3CC[C@H](N)CC3)nc3c2ncn3C2CCCC2)CC1.Cl.Cl.Cl. The first kappa shape index (κ1) is 33.5. The standard InChI is InChI=1S/C29H42N8O.3ClH/c1-38-25-9-5-2-6-21(25)18-20-14-16-36(17-15-20)35-27-26-28(37(19-31-26)24-7-3-4-8-24)34-29(33-27)32-23-12-10-22(30)11-13-23;;;/h2,5-6,9,19-20,22-24H,3-4,7-8,10-18,30H2,1H3,(H2,32,33,34,35);3*1H/t22-,23-;;;. The van der Waals surface area contributed by atoms with Crippen LogP contribution in [0.3, 0.4) is 0 Å². The highest BCUT2D eigenvalue weighted by Crippen LogP contribution is 2.34. The van der Waals surface area contributed by atoms with Crippen LogP contribution in [0.5, 0.6) is 5.75 Å². The number of nitrogens with two attached hydrogens (primary N) is 1. The first-order valence-electron chi connectivity index (χ1n) is 14.6. The summed E-state index contributed by atoms with van der Waals surface area (Å²) >= 11 is 0. The number of halogens is 3. The summed E-state index contributed by atoms with van der Waals surface area (Å²) in [6.07, 6.45) is 14.5. The Labute approximate surface area is 262 Å². The van der Waals surface area contributed by atoms with E-state index in [1.165, 1.54) is 31.2 Å². The third kappa shape index (κ3) is 7.87. The minimum Gasteiger partial charge on any atom is -0.496 e. The van der Waals surface area contributed by atoms with Crippen LogP contribution in [0.1, 0.15) is 75.8 Å². The molecule has 3 aromatic rings. The Kier molecular flexibility index (Phi) is 12.6. The van der Waals surface area contributed by atoms with Gasteiger partial charge < -0.3 is 25.8 Å². The van der Waals surface area contributed by atoms with Crippen molar-refractivity contribution in [3.05, 3.63) is 36.2 Å². The number of benzene rings is 1. The fraction of sp³-hybridized carbons (Fsp3) is 0.621. The fourth-order valence-electron chi connectivity index (χ4n) is 6.54. The van der Waals surface area contributed by atoms with Gasteiger partial charge in [0.05, 0.1) is 13.4 Å². The van der Waals surface area contributed by atoms with E-state index in [1.807, 2.05) is 12.4 Å². The van der Waals surface area contributed by atoms with Gasteiger partial charge in [-0.2, -0.15) is 9.97 Å². The van der Waals surface area contributed by atoms with Crippen molar-refractivity contribution in [2.24, 2.45) is 11.7 Å². The van der Waals surface area contributed by atoms with Gasteiger partial charge in [0.2, 0.25) is 5.95 Å². The maximum Gasteiger partial charge on any atom is 0.227 e. The highest BCUT2D eigenvalue weighted by atomic mass is 35.5. The average Bonchev–Trinajstić information content (AvgIpc) is 3.62. The van der Waals surface area contributed by atoms with Gasteiger partial charge in [0.1, 0.15) is 5.75 Å². The van der Waals surface area contributed by atoms with E-state index < -0.39 is 0 Å². The minimum absolute atomic E-state index is 0. The van der Waals surface area contributed by atoms with E-state index >= 15 is 0 Å². The molecule has 0 amide bonds. The number of rotatable bonds is 8. The lowest BCUT2D eigenvalue weighted by atomic mass is 9.90. The molecule has 3 fully saturated rings. The zero-order valence-electron chi connectivity index (χ0n) is 23.8. The molecule has 4 N–H and O–H groups in total. The largest absolute Gasteiger partial charge is 0.496 e. The molecule has 1 aliphatic heterocycles. The Morgan fingerprint density at radius 3 is 2.34 bits per heavy atom. The summed E-state index contributed by atoms with van der Waals surface area (Å²) in [5, 5.41) is 5.94. The van der Waals surface area contributed by atoms with Crippen molar-refractivity contribution in [1.82, 2.24) is 24.5 Å². The lowest BCUT2D eigenvalue weighted by molar-refractivity contribution is 0.215. The Morgan fingerprint density at radius 2 is 1.63 bits per heavy atom. The third-order valence-electron chi connectivity index (χ3n) is 8.82. The number of nitrogens with one attached hydrogen (secondary N) is 2. The van der Waals surface area contributed by atoms with Crippen molar-refractivity contribution in [2.45, 2.75) is 88.8 Å². The number of ether oxygens (including phenoxy) is 1. The number of para-hydroxylation sites is 1. The quantitative estimate of drug-likeness (QED) is 0.272.